The molecule has 0 unspecified atom stereocenters. The van der Waals surface area contributed by atoms with Crippen LogP contribution in [-0.4, -0.2) is 48.2 Å². The van der Waals surface area contributed by atoms with Gasteiger partial charge >= 0.3 is 5.97 Å². The first-order valence-corrected chi connectivity index (χ1v) is 12.7. The molecule has 0 aliphatic heterocycles. The molecule has 32 heavy (non-hydrogen) atoms. The Hall–Kier alpha value is -2.10. The number of thioether (sulfide) groups is 1. The number of aromatic nitrogens is 2. The van der Waals surface area contributed by atoms with Crippen molar-refractivity contribution in [2.24, 2.45) is 0 Å². The maximum absolute atomic E-state index is 13.6. The fourth-order valence-corrected chi connectivity index (χ4v) is 6.34. The minimum absolute atomic E-state index is 0.0709. The van der Waals surface area contributed by atoms with Gasteiger partial charge in [-0.15, -0.1) is 11.3 Å². The summed E-state index contributed by atoms with van der Waals surface area (Å²) in [5.41, 5.74) is 1.72. The number of methoxy groups -OCH3 is 1. The number of carbonyl (C=O) groups excluding carboxylic acids is 1. The largest absolute Gasteiger partial charge is 0.465 e. The molecule has 3 heterocycles. The van der Waals surface area contributed by atoms with E-state index >= 15 is 0 Å². The summed E-state index contributed by atoms with van der Waals surface area (Å²) in [5, 5.41) is 1.52. The van der Waals surface area contributed by atoms with Crippen LogP contribution in [0.5, 0.6) is 0 Å². The van der Waals surface area contributed by atoms with Gasteiger partial charge in [-0.3, -0.25) is 9.36 Å². The van der Waals surface area contributed by atoms with Crippen molar-refractivity contribution < 1.29 is 13.9 Å². The lowest BCUT2D eigenvalue weighted by Crippen LogP contribution is -2.25. The summed E-state index contributed by atoms with van der Waals surface area (Å²) < 4.78 is 12.4. The van der Waals surface area contributed by atoms with Crippen LogP contribution in [-0.2, 0) is 29.9 Å². The van der Waals surface area contributed by atoms with Gasteiger partial charge in [0.05, 0.1) is 18.2 Å². The highest BCUT2D eigenvalue weighted by atomic mass is 32.2. The standard InChI is InChI=1S/C23H29N3O4S2/c1-14-17(22(28)29-4)12-15(30-14)13-31-23-24-20-19(16-8-5-6-9-18(16)32-20)21(27)26(23)11-7-10-25(2)3/h12H,5-11,13H2,1-4H3. The third-order valence-electron chi connectivity index (χ3n) is 5.74. The van der Waals surface area contributed by atoms with E-state index in [1.54, 1.807) is 24.3 Å². The van der Waals surface area contributed by atoms with Gasteiger partial charge in [0, 0.05) is 11.4 Å². The van der Waals surface area contributed by atoms with E-state index < -0.39 is 5.97 Å². The highest BCUT2D eigenvalue weighted by molar-refractivity contribution is 7.98. The van der Waals surface area contributed by atoms with Crippen LogP contribution in [0.2, 0.25) is 0 Å². The Morgan fingerprint density at radius 2 is 2.12 bits per heavy atom. The van der Waals surface area contributed by atoms with E-state index in [1.165, 1.54) is 35.7 Å². The number of fused-ring (bicyclic) bond motifs is 3. The summed E-state index contributed by atoms with van der Waals surface area (Å²) >= 11 is 3.14. The Morgan fingerprint density at radius 1 is 1.34 bits per heavy atom. The van der Waals surface area contributed by atoms with Gasteiger partial charge in [-0.25, -0.2) is 9.78 Å². The molecule has 3 aromatic rings. The molecule has 172 valence electrons. The molecule has 0 radical (unpaired) electrons. The average molecular weight is 476 g/mol. The number of hydrogen-bond acceptors (Lipinski definition) is 8. The summed E-state index contributed by atoms with van der Waals surface area (Å²) in [6.45, 7) is 3.27. The van der Waals surface area contributed by atoms with Crippen molar-refractivity contribution in [2.45, 2.75) is 56.5 Å². The number of carbonyl (C=O) groups is 1. The Kier molecular flexibility index (Phi) is 7.07. The maximum atomic E-state index is 13.6. The zero-order valence-electron chi connectivity index (χ0n) is 19.0. The van der Waals surface area contributed by atoms with Gasteiger partial charge in [-0.1, -0.05) is 11.8 Å². The second-order valence-corrected chi connectivity index (χ2v) is 10.4. The molecular formula is C23H29N3O4S2. The number of ether oxygens (including phenoxy) is 1. The number of furan rings is 1. The van der Waals surface area contributed by atoms with E-state index in [0.717, 1.165) is 42.4 Å². The van der Waals surface area contributed by atoms with Crippen molar-refractivity contribution >= 4 is 39.3 Å². The summed E-state index contributed by atoms with van der Waals surface area (Å²) in [4.78, 5) is 34.7. The molecule has 4 rings (SSSR count). The number of thiophene rings is 1. The lowest BCUT2D eigenvalue weighted by molar-refractivity contribution is 0.0599. The molecule has 0 bridgehead atoms. The molecule has 0 amide bonds. The molecular weight excluding hydrogens is 446 g/mol. The number of aryl methyl sites for hydroxylation is 3. The topological polar surface area (TPSA) is 77.6 Å². The first-order chi connectivity index (χ1) is 15.4. The predicted octanol–water partition coefficient (Wildman–Crippen LogP) is 4.27. The van der Waals surface area contributed by atoms with Crippen molar-refractivity contribution in [3.63, 3.8) is 0 Å². The minimum Gasteiger partial charge on any atom is -0.465 e. The van der Waals surface area contributed by atoms with Crippen LogP contribution in [0, 0.1) is 6.92 Å². The Morgan fingerprint density at radius 3 is 2.88 bits per heavy atom. The molecule has 0 spiro atoms. The maximum Gasteiger partial charge on any atom is 0.341 e. The summed E-state index contributed by atoms with van der Waals surface area (Å²) in [5.74, 6) is 1.26. The normalized spacial score (nSPS) is 13.7. The van der Waals surface area contributed by atoms with Crippen molar-refractivity contribution in [1.29, 1.82) is 0 Å². The molecule has 9 heteroatoms. The molecule has 1 aliphatic carbocycles. The Bertz CT molecular complexity index is 1190. The van der Waals surface area contributed by atoms with Crippen LogP contribution in [0.25, 0.3) is 10.2 Å². The molecule has 0 atom stereocenters. The van der Waals surface area contributed by atoms with Crippen LogP contribution >= 0.6 is 23.1 Å². The molecule has 0 N–H and O–H groups in total. The fourth-order valence-electron chi connectivity index (χ4n) is 4.14. The Labute approximate surface area is 195 Å². The number of hydrogen-bond donors (Lipinski definition) is 0. The first-order valence-electron chi connectivity index (χ1n) is 10.9. The summed E-state index contributed by atoms with van der Waals surface area (Å²) in [6.07, 6.45) is 5.19. The molecule has 0 aromatic carbocycles. The van der Waals surface area contributed by atoms with Crippen molar-refractivity contribution in [3.05, 3.63) is 43.9 Å². The van der Waals surface area contributed by atoms with Gasteiger partial charge in [0.1, 0.15) is 21.9 Å². The van der Waals surface area contributed by atoms with Crippen molar-refractivity contribution in [2.75, 3.05) is 27.7 Å². The monoisotopic (exact) mass is 475 g/mol. The van der Waals surface area contributed by atoms with Crippen LogP contribution in [0.15, 0.2) is 20.4 Å². The van der Waals surface area contributed by atoms with Crippen molar-refractivity contribution in [1.82, 2.24) is 14.5 Å². The Balaban J connectivity index is 1.67. The second-order valence-electron chi connectivity index (χ2n) is 8.36. The highest BCUT2D eigenvalue weighted by Crippen LogP contribution is 2.35. The van der Waals surface area contributed by atoms with Gasteiger partial charge in [-0.2, -0.15) is 0 Å². The molecule has 7 nitrogen and oxygen atoms in total. The molecule has 0 fully saturated rings. The zero-order valence-corrected chi connectivity index (χ0v) is 20.7. The van der Waals surface area contributed by atoms with E-state index in [0.29, 0.717) is 34.5 Å². The van der Waals surface area contributed by atoms with Gasteiger partial charge in [0.25, 0.3) is 5.56 Å². The third-order valence-corrected chi connectivity index (χ3v) is 7.93. The van der Waals surface area contributed by atoms with Gasteiger partial charge in [0.15, 0.2) is 5.16 Å². The van der Waals surface area contributed by atoms with Crippen molar-refractivity contribution in [3.8, 4) is 0 Å². The number of nitrogens with zero attached hydrogens (tertiary/aromatic N) is 3. The van der Waals surface area contributed by atoms with E-state index in [1.807, 2.05) is 18.7 Å². The van der Waals surface area contributed by atoms with Crippen LogP contribution in [0.3, 0.4) is 0 Å². The molecule has 0 saturated heterocycles. The summed E-state index contributed by atoms with van der Waals surface area (Å²) in [6, 6.07) is 1.71. The number of esters is 1. The average Bonchev–Trinajstić information content (AvgIpc) is 3.33. The van der Waals surface area contributed by atoms with Crippen LogP contribution in [0.1, 0.15) is 51.6 Å². The van der Waals surface area contributed by atoms with E-state index in [-0.39, 0.29) is 5.56 Å². The third kappa shape index (κ3) is 4.65. The number of rotatable bonds is 8. The van der Waals surface area contributed by atoms with Crippen LogP contribution < -0.4 is 5.56 Å². The molecule has 0 saturated carbocycles. The lowest BCUT2D eigenvalue weighted by atomic mass is 9.97. The smallest absolute Gasteiger partial charge is 0.341 e. The predicted molar refractivity (Wildman–Crippen MR) is 128 cm³/mol. The van der Waals surface area contributed by atoms with Gasteiger partial charge in [-0.05, 0) is 71.3 Å². The zero-order chi connectivity index (χ0) is 22.8. The SMILES string of the molecule is COC(=O)c1cc(CSc2nc3sc4c(c3c(=O)n2CCCN(C)C)CCCC4)oc1C. The lowest BCUT2D eigenvalue weighted by Gasteiger charge is -2.14. The van der Waals surface area contributed by atoms with E-state index in [2.05, 4.69) is 4.90 Å². The molecule has 3 aromatic heterocycles. The van der Waals surface area contributed by atoms with Gasteiger partial charge < -0.3 is 14.1 Å². The highest BCUT2D eigenvalue weighted by Gasteiger charge is 2.23. The molecule has 1 aliphatic rings. The summed E-state index contributed by atoms with van der Waals surface area (Å²) in [7, 11) is 5.43. The van der Waals surface area contributed by atoms with E-state index in [9.17, 15) is 9.59 Å². The quantitative estimate of drug-likeness (QED) is 0.274. The second kappa shape index (κ2) is 9.80. The van der Waals surface area contributed by atoms with E-state index in [4.69, 9.17) is 14.1 Å². The first kappa shape index (κ1) is 23.1. The van der Waals surface area contributed by atoms with Gasteiger partial charge in [0.2, 0.25) is 0 Å². The minimum atomic E-state index is -0.410. The van der Waals surface area contributed by atoms with Crippen LogP contribution in [0.4, 0.5) is 0 Å². The fraction of sp³-hybridized carbons (Fsp3) is 0.522.